The van der Waals surface area contributed by atoms with Crippen LogP contribution in [0.3, 0.4) is 0 Å². The van der Waals surface area contributed by atoms with E-state index >= 15 is 16.8 Å². The number of amides is 1. The maximum atomic E-state index is 16.3. The molecule has 3 heterocycles. The number of rotatable bonds is 16. The van der Waals surface area contributed by atoms with E-state index in [1.807, 2.05) is 12.1 Å². The molecule has 5 aromatic carbocycles. The number of tetrazole rings is 1. The third-order valence-electron chi connectivity index (χ3n) is 11.3. The van der Waals surface area contributed by atoms with Gasteiger partial charge in [0.15, 0.2) is 11.8 Å². The number of methoxy groups -OCH3 is 3. The van der Waals surface area contributed by atoms with Crippen molar-refractivity contribution in [1.29, 1.82) is 0 Å². The zero-order chi connectivity index (χ0) is 48.4. The second kappa shape index (κ2) is 19.3. The van der Waals surface area contributed by atoms with Gasteiger partial charge in [-0.05, 0) is 108 Å². The molecule has 1 atom stereocenters. The summed E-state index contributed by atoms with van der Waals surface area (Å²) in [6, 6.07) is 28.2. The first-order chi connectivity index (χ1) is 32.5. The number of ether oxygens (including phenoxy) is 4. The van der Waals surface area contributed by atoms with Crippen LogP contribution in [0.25, 0.3) is 33.5 Å². The third-order valence-corrected chi connectivity index (χ3v) is 14.8. The summed E-state index contributed by atoms with van der Waals surface area (Å²) in [5.74, 6) is 1.78. The number of aromatic amines is 1. The Hall–Kier alpha value is -7.07. The number of anilines is 1. The lowest BCUT2D eigenvalue weighted by molar-refractivity contribution is 0.0292. The predicted octanol–water partition coefficient (Wildman–Crippen LogP) is 6.22. The van der Waals surface area contributed by atoms with E-state index in [0.29, 0.717) is 45.0 Å². The predicted molar refractivity (Wildman–Crippen MR) is 254 cm³/mol. The Balaban J connectivity index is 1.37. The molecule has 4 N–H and O–H groups in total. The molecule has 1 aliphatic heterocycles. The molecule has 19 nitrogen and oxygen atoms in total. The number of para-hydroxylation sites is 1. The fraction of sp³-hybridized carbons (Fsp3) is 0.298. The number of nitrogens with zero attached hydrogens (tertiary/aromatic N) is 7. The lowest BCUT2D eigenvalue weighted by Crippen LogP contribution is -2.41. The van der Waals surface area contributed by atoms with Crippen LogP contribution in [0.2, 0.25) is 0 Å². The van der Waals surface area contributed by atoms with Gasteiger partial charge in [-0.3, -0.25) is 0 Å². The summed E-state index contributed by atoms with van der Waals surface area (Å²) in [6.45, 7) is 5.04. The second-order valence-corrected chi connectivity index (χ2v) is 20.7. The fourth-order valence-electron chi connectivity index (χ4n) is 8.00. The quantitative estimate of drug-likeness (QED) is 0.0975. The number of sulfonamides is 2. The molecule has 1 amide bonds. The van der Waals surface area contributed by atoms with Crippen molar-refractivity contribution in [2.75, 3.05) is 40.2 Å². The van der Waals surface area contributed by atoms with Crippen LogP contribution in [0, 0.1) is 0 Å². The van der Waals surface area contributed by atoms with Gasteiger partial charge >= 0.3 is 6.09 Å². The van der Waals surface area contributed by atoms with Crippen molar-refractivity contribution in [3.05, 3.63) is 120 Å². The number of aromatic nitrogens is 6. The summed E-state index contributed by atoms with van der Waals surface area (Å²) in [4.78, 5) is 20.9. The summed E-state index contributed by atoms with van der Waals surface area (Å²) in [5, 5.41) is 12.8. The van der Waals surface area contributed by atoms with Crippen LogP contribution in [0.5, 0.6) is 17.2 Å². The molecule has 356 valence electrons. The highest BCUT2D eigenvalue weighted by atomic mass is 32.2. The Morgan fingerprint density at radius 1 is 0.809 bits per heavy atom. The average Bonchev–Trinajstić information content (AvgIpc) is 4.08. The molecule has 8 rings (SSSR count). The molecule has 21 heteroatoms. The lowest BCUT2D eigenvalue weighted by Gasteiger charge is -2.27. The van der Waals surface area contributed by atoms with Gasteiger partial charge in [-0.15, -0.1) is 5.10 Å². The van der Waals surface area contributed by atoms with Gasteiger partial charge in [0, 0.05) is 37.8 Å². The van der Waals surface area contributed by atoms with Crippen LogP contribution in [0.1, 0.15) is 43.9 Å². The van der Waals surface area contributed by atoms with E-state index in [0.717, 1.165) is 5.56 Å². The number of hydrogen-bond donors (Lipinski definition) is 3. The summed E-state index contributed by atoms with van der Waals surface area (Å²) in [5.41, 5.74) is 8.78. The highest BCUT2D eigenvalue weighted by Crippen LogP contribution is 2.44. The number of hydrogen-bond acceptors (Lipinski definition) is 14. The number of carbonyl (C=O) groups excluding carboxylic acids is 1. The number of nitrogens with two attached hydrogens (primary N) is 1. The monoisotopic (exact) mass is 964 g/mol. The van der Waals surface area contributed by atoms with E-state index < -0.39 is 47.6 Å². The largest absolute Gasteiger partial charge is 0.497 e. The molecule has 7 aromatic rings. The van der Waals surface area contributed by atoms with Crippen molar-refractivity contribution in [2.24, 2.45) is 0 Å². The first kappa shape index (κ1) is 47.4. The van der Waals surface area contributed by atoms with Crippen molar-refractivity contribution in [3.8, 4) is 39.8 Å². The van der Waals surface area contributed by atoms with E-state index in [-0.39, 0.29) is 62.0 Å². The number of nitrogen functional groups attached to an aromatic ring is 1. The molecule has 1 fully saturated rings. The Morgan fingerprint density at radius 2 is 1.40 bits per heavy atom. The first-order valence-corrected chi connectivity index (χ1v) is 24.5. The molecule has 1 aliphatic rings. The van der Waals surface area contributed by atoms with Crippen molar-refractivity contribution in [1.82, 2.24) is 44.1 Å². The normalized spacial score (nSPS) is 14.4. The highest BCUT2D eigenvalue weighted by Gasteiger charge is 2.40. The Labute approximate surface area is 394 Å². The van der Waals surface area contributed by atoms with Gasteiger partial charge in [-0.2, -0.15) is 4.31 Å². The van der Waals surface area contributed by atoms with E-state index in [2.05, 4.69) is 30.2 Å². The van der Waals surface area contributed by atoms with Gasteiger partial charge in [0.1, 0.15) is 32.6 Å². The van der Waals surface area contributed by atoms with Crippen molar-refractivity contribution >= 4 is 43.1 Å². The van der Waals surface area contributed by atoms with Crippen molar-refractivity contribution < 1.29 is 40.6 Å². The third kappa shape index (κ3) is 10.2. The van der Waals surface area contributed by atoms with Crippen LogP contribution in [-0.2, 0) is 44.4 Å². The molecule has 1 saturated heterocycles. The SMILES string of the molecule is COc1ccc(CN(Cc2ccc(OC)cc2)S(=O)(=O)c2c(S(=O)(=O)N[C@@H]3CCN(C(=O)OC(C)(C)C)C3)ccc(-c3cccc4[nH]c(N)nc34)c2-c2nnnn2Cc2ccc(OC)cc2)cc1. The minimum atomic E-state index is -4.97. The second-order valence-electron chi connectivity index (χ2n) is 17.1. The molecule has 68 heavy (non-hydrogen) atoms. The minimum Gasteiger partial charge on any atom is -0.497 e. The molecule has 0 aliphatic carbocycles. The maximum Gasteiger partial charge on any atom is 0.410 e. The fourth-order valence-corrected chi connectivity index (χ4v) is 11.7. The number of nitrogens with one attached hydrogen (secondary N) is 2. The zero-order valence-corrected chi connectivity index (χ0v) is 40.0. The molecular weight excluding hydrogens is 913 g/mol. The number of fused-ring (bicyclic) bond motifs is 1. The number of likely N-dealkylation sites (tertiary alicyclic amines) is 1. The average molecular weight is 965 g/mol. The van der Waals surface area contributed by atoms with E-state index in [1.165, 1.54) is 40.2 Å². The molecule has 0 unspecified atom stereocenters. The van der Waals surface area contributed by atoms with Gasteiger partial charge in [0.25, 0.3) is 0 Å². The van der Waals surface area contributed by atoms with E-state index in [4.69, 9.17) is 24.7 Å². The van der Waals surface area contributed by atoms with E-state index in [1.54, 1.807) is 107 Å². The summed E-state index contributed by atoms with van der Waals surface area (Å²) in [7, 11) is -5.13. The van der Waals surface area contributed by atoms with Gasteiger partial charge in [-0.1, -0.05) is 54.6 Å². The first-order valence-electron chi connectivity index (χ1n) is 21.5. The molecule has 0 radical (unpaired) electrons. The molecule has 2 aromatic heterocycles. The van der Waals surface area contributed by atoms with Crippen molar-refractivity contribution in [3.63, 3.8) is 0 Å². The number of H-pyrrole nitrogens is 1. The van der Waals surface area contributed by atoms with Gasteiger partial charge < -0.3 is 34.6 Å². The van der Waals surface area contributed by atoms with E-state index in [9.17, 15) is 4.79 Å². The van der Waals surface area contributed by atoms with Crippen LogP contribution in [0.4, 0.5) is 10.7 Å². The maximum absolute atomic E-state index is 16.3. The lowest BCUT2D eigenvalue weighted by atomic mass is 9.97. The number of benzene rings is 5. The summed E-state index contributed by atoms with van der Waals surface area (Å²) >= 11 is 0. The molecule has 0 spiro atoms. The minimum absolute atomic E-state index is 0.0229. The van der Waals surface area contributed by atoms with Crippen LogP contribution >= 0.6 is 0 Å². The smallest absolute Gasteiger partial charge is 0.410 e. The van der Waals surface area contributed by atoms with Gasteiger partial charge in [-0.25, -0.2) is 36.0 Å². The summed E-state index contributed by atoms with van der Waals surface area (Å²) < 4.78 is 90.0. The number of imidazole rings is 1. The standard InChI is InChI=1S/C47H52N10O9S2/c1-47(2,3)66-46(58)55-25-24-33(29-55)52-67(59,60)40-23-22-37(38-8-7-9-39-42(38)50-45(48)49-39)41(44-51-53-54-57(44)28-32-14-20-36(65-6)21-15-32)43(40)68(61,62)56(26-30-10-16-34(63-4)17-11-30)27-31-12-18-35(64-5)19-13-31/h7-23,33,52H,24-29H2,1-6H3,(H3,48,49,50)/t33-/m1/s1. The molecule has 0 bridgehead atoms. The Morgan fingerprint density at radius 3 is 1.97 bits per heavy atom. The number of carbonyl (C=O) groups is 1. The van der Waals surface area contributed by atoms with Crippen LogP contribution in [0.15, 0.2) is 113 Å². The van der Waals surface area contributed by atoms with Crippen LogP contribution in [-0.4, -0.2) is 108 Å². The van der Waals surface area contributed by atoms with Crippen LogP contribution < -0.4 is 24.7 Å². The topological polar surface area (TPSA) is 239 Å². The van der Waals surface area contributed by atoms with Gasteiger partial charge in [0.05, 0.1) is 44.5 Å². The Kier molecular flexibility index (Phi) is 13.4. The van der Waals surface area contributed by atoms with Gasteiger partial charge in [0.2, 0.25) is 20.0 Å². The zero-order valence-electron chi connectivity index (χ0n) is 38.3. The summed E-state index contributed by atoms with van der Waals surface area (Å²) in [6.07, 6.45) is -0.367. The van der Waals surface area contributed by atoms with Crippen molar-refractivity contribution in [2.45, 2.75) is 68.3 Å². The molecular formula is C47H52N10O9S2. The molecule has 0 saturated carbocycles. The highest BCUT2D eigenvalue weighted by molar-refractivity contribution is 7.92. The Bertz CT molecular complexity index is 3110.